The second kappa shape index (κ2) is 12.1. The summed E-state index contributed by atoms with van der Waals surface area (Å²) >= 11 is 14.4. The van der Waals surface area contributed by atoms with E-state index >= 15 is 0 Å². The van der Waals surface area contributed by atoms with E-state index in [0.717, 1.165) is 43.4 Å². The van der Waals surface area contributed by atoms with Crippen molar-refractivity contribution in [3.05, 3.63) is 56.2 Å². The Labute approximate surface area is 220 Å². The number of ether oxygens (including phenoxy) is 1. The fraction of sp³-hybridized carbons (Fsp3) is 0.643. The van der Waals surface area contributed by atoms with Crippen LogP contribution in [0.5, 0.6) is 0 Å². The van der Waals surface area contributed by atoms with Crippen molar-refractivity contribution in [2.24, 2.45) is 11.8 Å². The van der Waals surface area contributed by atoms with Gasteiger partial charge in [-0.1, -0.05) is 43.1 Å². The van der Waals surface area contributed by atoms with Crippen LogP contribution in [0, 0.1) is 11.8 Å². The highest BCUT2D eigenvalue weighted by Gasteiger charge is 2.37. The number of hydrogen-bond donors (Lipinski definition) is 0. The van der Waals surface area contributed by atoms with Gasteiger partial charge in [0.05, 0.1) is 5.60 Å². The monoisotopic (exact) mass is 522 g/mol. The Bertz CT molecular complexity index is 886. The molecule has 2 aromatic rings. The lowest BCUT2D eigenvalue weighted by atomic mass is 9.81. The Hall–Kier alpha value is -0.620. The van der Waals surface area contributed by atoms with E-state index in [-0.39, 0.29) is 5.60 Å². The minimum absolute atomic E-state index is 0.0752. The Morgan fingerprint density at radius 2 is 1.82 bits per heavy atom. The lowest BCUT2D eigenvalue weighted by Gasteiger charge is -2.39. The molecule has 2 aliphatic rings. The lowest BCUT2D eigenvalue weighted by Crippen LogP contribution is -2.41. The molecule has 2 atom stereocenters. The Balaban J connectivity index is 1.36. The average molecular weight is 524 g/mol. The number of halogens is 2. The molecule has 6 heteroatoms. The van der Waals surface area contributed by atoms with Gasteiger partial charge in [-0.25, -0.2) is 0 Å². The molecule has 1 aromatic heterocycles. The predicted octanol–water partition coefficient (Wildman–Crippen LogP) is 7.58. The molecule has 2 aliphatic heterocycles. The molecule has 0 amide bonds. The van der Waals surface area contributed by atoms with Crippen LogP contribution in [0.1, 0.15) is 63.0 Å². The highest BCUT2D eigenvalue weighted by Crippen LogP contribution is 2.38. The minimum Gasteiger partial charge on any atom is -0.378 e. The van der Waals surface area contributed by atoms with Gasteiger partial charge >= 0.3 is 0 Å². The summed E-state index contributed by atoms with van der Waals surface area (Å²) in [6, 6.07) is 8.22. The SMILES string of the molecule is CCC(CC)(CC1CCN(CC2CN(Cc3ccc(Cl)cc3Cl)CC2c2ccsc2)CC1)OC. The lowest BCUT2D eigenvalue weighted by molar-refractivity contribution is -0.0423. The van der Waals surface area contributed by atoms with Gasteiger partial charge in [-0.15, -0.1) is 0 Å². The van der Waals surface area contributed by atoms with Gasteiger partial charge in [-0.05, 0) is 97.1 Å². The summed E-state index contributed by atoms with van der Waals surface area (Å²) in [6.07, 6.45) is 6.02. The molecule has 188 valence electrons. The van der Waals surface area contributed by atoms with Gasteiger partial charge < -0.3 is 9.64 Å². The maximum absolute atomic E-state index is 6.50. The van der Waals surface area contributed by atoms with Crippen LogP contribution in [-0.4, -0.2) is 55.2 Å². The third-order valence-electron chi connectivity index (χ3n) is 8.48. The van der Waals surface area contributed by atoms with Crippen molar-refractivity contribution in [1.82, 2.24) is 9.80 Å². The van der Waals surface area contributed by atoms with Gasteiger partial charge in [-0.3, -0.25) is 4.90 Å². The quantitative estimate of drug-likeness (QED) is 0.319. The zero-order valence-corrected chi connectivity index (χ0v) is 23.3. The molecule has 0 spiro atoms. The minimum atomic E-state index is 0.0752. The molecule has 0 saturated carbocycles. The van der Waals surface area contributed by atoms with E-state index in [1.165, 1.54) is 50.0 Å². The van der Waals surface area contributed by atoms with Crippen molar-refractivity contribution >= 4 is 34.5 Å². The number of thiophene rings is 1. The number of piperidine rings is 1. The van der Waals surface area contributed by atoms with Crippen molar-refractivity contribution in [2.75, 3.05) is 39.8 Å². The molecular weight excluding hydrogens is 483 g/mol. The van der Waals surface area contributed by atoms with Crippen molar-refractivity contribution in [3.63, 3.8) is 0 Å². The normalized spacial score (nSPS) is 23.1. The van der Waals surface area contributed by atoms with E-state index in [1.807, 2.05) is 30.6 Å². The van der Waals surface area contributed by atoms with E-state index in [4.69, 9.17) is 27.9 Å². The molecule has 2 saturated heterocycles. The van der Waals surface area contributed by atoms with Crippen LogP contribution in [0.3, 0.4) is 0 Å². The fourth-order valence-electron chi connectivity index (χ4n) is 6.17. The highest BCUT2D eigenvalue weighted by molar-refractivity contribution is 7.08. The fourth-order valence-corrected chi connectivity index (χ4v) is 7.36. The topological polar surface area (TPSA) is 15.7 Å². The number of likely N-dealkylation sites (tertiary alicyclic amines) is 2. The summed E-state index contributed by atoms with van der Waals surface area (Å²) in [4.78, 5) is 5.32. The Morgan fingerprint density at radius 3 is 2.44 bits per heavy atom. The molecule has 0 N–H and O–H groups in total. The van der Waals surface area contributed by atoms with Crippen LogP contribution in [0.4, 0.5) is 0 Å². The van der Waals surface area contributed by atoms with E-state index < -0.39 is 0 Å². The molecule has 2 unspecified atom stereocenters. The predicted molar refractivity (Wildman–Crippen MR) is 146 cm³/mol. The van der Waals surface area contributed by atoms with Crippen LogP contribution in [0.2, 0.25) is 10.0 Å². The van der Waals surface area contributed by atoms with Gasteiger partial charge in [0.15, 0.2) is 0 Å². The first kappa shape index (κ1) is 26.4. The van der Waals surface area contributed by atoms with Crippen molar-refractivity contribution in [3.8, 4) is 0 Å². The summed E-state index contributed by atoms with van der Waals surface area (Å²) in [6.45, 7) is 11.3. The third-order valence-corrected chi connectivity index (χ3v) is 9.77. The van der Waals surface area contributed by atoms with E-state index in [2.05, 4.69) is 46.5 Å². The number of benzene rings is 1. The average Bonchev–Trinajstić information content (AvgIpc) is 3.51. The molecular formula is C28H40Cl2N2OS. The van der Waals surface area contributed by atoms with Crippen LogP contribution < -0.4 is 0 Å². The molecule has 34 heavy (non-hydrogen) atoms. The second-order valence-electron chi connectivity index (χ2n) is 10.4. The standard InChI is InChI=1S/C28H40Cl2N2OS/c1-4-28(5-2,33-3)15-21-8-11-31(12-9-21)17-24-18-32(19-26(24)23-10-13-34-20-23)16-22-6-7-25(29)14-27(22)30/h6-7,10,13-14,20-21,24,26H,4-5,8-9,11-12,15-19H2,1-3H3. The van der Waals surface area contributed by atoms with Crippen molar-refractivity contribution < 1.29 is 4.74 Å². The summed E-state index contributed by atoms with van der Waals surface area (Å²) in [5.41, 5.74) is 2.75. The maximum Gasteiger partial charge on any atom is 0.0676 e. The second-order valence-corrected chi connectivity index (χ2v) is 12.0. The first-order chi connectivity index (χ1) is 16.4. The molecule has 3 heterocycles. The Morgan fingerprint density at radius 1 is 1.06 bits per heavy atom. The van der Waals surface area contributed by atoms with Gasteiger partial charge in [0.25, 0.3) is 0 Å². The van der Waals surface area contributed by atoms with Gasteiger partial charge in [0.1, 0.15) is 0 Å². The summed E-state index contributed by atoms with van der Waals surface area (Å²) in [5.74, 6) is 2.04. The van der Waals surface area contributed by atoms with Crippen LogP contribution in [-0.2, 0) is 11.3 Å². The van der Waals surface area contributed by atoms with Crippen LogP contribution in [0.25, 0.3) is 0 Å². The molecule has 3 nitrogen and oxygen atoms in total. The van der Waals surface area contributed by atoms with Crippen molar-refractivity contribution in [2.45, 2.75) is 64.0 Å². The molecule has 0 radical (unpaired) electrons. The molecule has 0 bridgehead atoms. The van der Waals surface area contributed by atoms with Crippen molar-refractivity contribution in [1.29, 1.82) is 0 Å². The zero-order chi connectivity index (χ0) is 24.1. The van der Waals surface area contributed by atoms with Crippen LogP contribution in [0.15, 0.2) is 35.0 Å². The van der Waals surface area contributed by atoms with Crippen LogP contribution >= 0.6 is 34.5 Å². The first-order valence-electron chi connectivity index (χ1n) is 12.9. The van der Waals surface area contributed by atoms with Gasteiger partial charge in [0, 0.05) is 49.3 Å². The summed E-state index contributed by atoms with van der Waals surface area (Å²) in [5, 5.41) is 6.05. The van der Waals surface area contributed by atoms with Gasteiger partial charge in [0.2, 0.25) is 0 Å². The molecule has 2 fully saturated rings. The summed E-state index contributed by atoms with van der Waals surface area (Å²) in [7, 11) is 1.90. The molecule has 0 aliphatic carbocycles. The third kappa shape index (κ3) is 6.38. The largest absolute Gasteiger partial charge is 0.378 e. The Kier molecular flexibility index (Phi) is 9.39. The van der Waals surface area contributed by atoms with E-state index in [0.29, 0.717) is 16.9 Å². The van der Waals surface area contributed by atoms with E-state index in [9.17, 15) is 0 Å². The molecule has 4 rings (SSSR count). The highest BCUT2D eigenvalue weighted by atomic mass is 35.5. The van der Waals surface area contributed by atoms with E-state index in [1.54, 1.807) is 0 Å². The van der Waals surface area contributed by atoms with Gasteiger partial charge in [-0.2, -0.15) is 11.3 Å². The maximum atomic E-state index is 6.50. The summed E-state index contributed by atoms with van der Waals surface area (Å²) < 4.78 is 5.97. The molecule has 1 aromatic carbocycles. The smallest absolute Gasteiger partial charge is 0.0676 e. The number of rotatable bonds is 10. The number of nitrogens with zero attached hydrogens (tertiary/aromatic N) is 2. The first-order valence-corrected chi connectivity index (χ1v) is 14.6. The number of methoxy groups -OCH3 is 1. The zero-order valence-electron chi connectivity index (χ0n) is 20.9. The number of hydrogen-bond acceptors (Lipinski definition) is 4.